The summed E-state index contributed by atoms with van der Waals surface area (Å²) in [6.07, 6.45) is 0.188. The maximum absolute atomic E-state index is 14.7. The molecular formula is C56H111N31O12S. The summed E-state index contributed by atoms with van der Waals surface area (Å²) in [6.45, 7) is 0.706. The summed E-state index contributed by atoms with van der Waals surface area (Å²) >= 11 is 3.99. The fourth-order valence-electron chi connectivity index (χ4n) is 9.39. The lowest BCUT2D eigenvalue weighted by molar-refractivity contribution is -0.141. The Bertz CT molecular complexity index is 2700. The molecule has 0 saturated heterocycles. The van der Waals surface area contributed by atoms with Crippen LogP contribution in [0.2, 0.25) is 0 Å². The lowest BCUT2D eigenvalue weighted by Gasteiger charge is -2.28. The number of rotatable bonds is 55. The van der Waals surface area contributed by atoms with Gasteiger partial charge < -0.3 is 142 Å². The summed E-state index contributed by atoms with van der Waals surface area (Å²) < 4.78 is 0. The summed E-state index contributed by atoms with van der Waals surface area (Å²) in [5, 5.41) is 93.5. The highest BCUT2D eigenvalue weighted by Crippen LogP contribution is 2.12. The second-order valence-electron chi connectivity index (χ2n) is 23.1. The van der Waals surface area contributed by atoms with Crippen LogP contribution >= 0.6 is 12.6 Å². The molecule has 0 aliphatic carbocycles. The molecule has 44 heteroatoms. The fourth-order valence-corrected chi connectivity index (χ4v) is 9.64. The van der Waals surface area contributed by atoms with Crippen molar-refractivity contribution in [3.63, 3.8) is 0 Å². The normalized spacial score (nSPS) is 13.8. The molecule has 0 unspecified atom stereocenters. The van der Waals surface area contributed by atoms with Crippen molar-refractivity contribution in [2.45, 2.75) is 189 Å². The molecule has 0 fully saturated rings. The van der Waals surface area contributed by atoms with Crippen molar-refractivity contribution in [1.82, 2.24) is 79.8 Å². The number of hydrogen-bond donors (Lipinski definition) is 33. The molecule has 0 radical (unpaired) electrons. The molecule has 100 heavy (non-hydrogen) atoms. The van der Waals surface area contributed by atoms with E-state index in [9.17, 15) is 57.8 Å². The van der Waals surface area contributed by atoms with Crippen LogP contribution in [-0.4, -0.2) is 224 Å². The van der Waals surface area contributed by atoms with Crippen molar-refractivity contribution in [2.24, 2.45) is 57.3 Å². The molecule has 43 nitrogen and oxygen atoms in total. The lowest BCUT2D eigenvalue weighted by Crippen LogP contribution is -2.60. The quantitative estimate of drug-likeness (QED) is 0.0116. The van der Waals surface area contributed by atoms with Crippen LogP contribution in [0.3, 0.4) is 0 Å². The third kappa shape index (κ3) is 42.6. The number of hydrogen-bond acceptors (Lipinski definition) is 21. The van der Waals surface area contributed by atoms with Gasteiger partial charge in [0.1, 0.15) is 54.4 Å². The van der Waals surface area contributed by atoms with E-state index in [0.29, 0.717) is 32.1 Å². The number of unbranched alkanes of at least 4 members (excludes halogenated alkanes) is 2. The standard InChI is InChI=1S/C56H111N31O12S/c57-21-3-1-12-31(79-41(89)30(59)11-5-23-73-51(61)62)42(90)80-32(13-2-4-22-58)43(91)81-33(14-6-24-74-52(63)64)44(92)83-36(17-9-27-77-55(69)70)47(95)86-38(19-20-40(60)88)49(97)85-35(16-8-26-76-54(67)68)46(94)82-34(15-7-25-75-53(65)66)45(93)84-37(18-10-28-78-56(71)72)48(96)87-39(29-100)50(98)99/h30-39,100H,1-29,57-59H2,(H2,60,88)(H,79,89)(H,80,90)(H,81,91)(H,82,94)(H,83,92)(H,84,93)(H,85,97)(H,86,95)(H,87,96)(H,98,99)(H4,61,62,73)(H4,63,64,74)(H4,65,66,75)(H4,67,68,76)(H4,69,70,77)(H4,71,72,78)/t30-,31-,32-,33-,34-,35-,36-,37-,38-,39-/m0/s1. The predicted octanol–water partition coefficient (Wildman–Crippen LogP) is -10.2. The zero-order chi connectivity index (χ0) is 75.7. The molecule has 0 aliphatic heterocycles. The van der Waals surface area contributed by atoms with E-state index in [4.69, 9.17) is 89.8 Å². The zero-order valence-corrected chi connectivity index (χ0v) is 57.3. The second kappa shape index (κ2) is 52.1. The number of carboxylic acid groups (broad SMARTS) is 1. The molecule has 0 bridgehead atoms. The van der Waals surface area contributed by atoms with Gasteiger partial charge in [0.15, 0.2) is 35.8 Å². The number of nitrogens with two attached hydrogens (primary N) is 10. The third-order valence-corrected chi connectivity index (χ3v) is 15.1. The Morgan fingerprint density at radius 2 is 0.500 bits per heavy atom. The molecule has 42 N–H and O–H groups in total. The fraction of sp³-hybridized carbons (Fsp3) is 0.696. The molecular weight excluding hydrogens is 1330 g/mol. The van der Waals surface area contributed by atoms with Crippen LogP contribution in [0.5, 0.6) is 0 Å². The number of nitrogens with one attached hydrogen (secondary N) is 21. The molecule has 0 heterocycles. The van der Waals surface area contributed by atoms with Gasteiger partial charge in [0.2, 0.25) is 59.1 Å². The molecule has 10 atom stereocenters. The topological polar surface area (TPSA) is 792 Å². The van der Waals surface area contributed by atoms with Crippen molar-refractivity contribution in [1.29, 1.82) is 32.5 Å². The van der Waals surface area contributed by atoms with Gasteiger partial charge in [-0.3, -0.25) is 80.4 Å². The molecule has 0 saturated carbocycles. The zero-order valence-electron chi connectivity index (χ0n) is 56.4. The van der Waals surface area contributed by atoms with E-state index in [0.717, 1.165) is 0 Å². The number of guanidine groups is 6. The Morgan fingerprint density at radius 3 is 0.700 bits per heavy atom. The minimum absolute atomic E-state index is 0.000805. The van der Waals surface area contributed by atoms with Crippen LogP contribution < -0.4 is 137 Å². The van der Waals surface area contributed by atoms with Crippen LogP contribution in [-0.2, 0) is 52.7 Å². The first kappa shape index (κ1) is 90.0. The Balaban J connectivity index is 7.58. The largest absolute Gasteiger partial charge is 0.480 e. The Morgan fingerprint density at radius 1 is 0.300 bits per heavy atom. The number of thiol groups is 1. The van der Waals surface area contributed by atoms with Gasteiger partial charge in [-0.25, -0.2) is 4.79 Å². The number of carbonyl (C=O) groups is 11. The summed E-state index contributed by atoms with van der Waals surface area (Å²) in [5.74, 6) is -13.5. The monoisotopic (exact) mass is 1440 g/mol. The highest BCUT2D eigenvalue weighted by atomic mass is 32.1. The number of carboxylic acids is 1. The smallest absolute Gasteiger partial charge is 0.327 e. The highest BCUT2D eigenvalue weighted by Gasteiger charge is 2.36. The third-order valence-electron chi connectivity index (χ3n) is 14.7. The van der Waals surface area contributed by atoms with Crippen LogP contribution in [0.1, 0.15) is 128 Å². The number of amides is 10. The summed E-state index contributed by atoms with van der Waals surface area (Å²) in [4.78, 5) is 153. The summed E-state index contributed by atoms with van der Waals surface area (Å²) in [5.41, 5.74) is 56.0. The van der Waals surface area contributed by atoms with Gasteiger partial charge in [0.05, 0.1) is 6.04 Å². The first-order valence-corrected chi connectivity index (χ1v) is 33.4. The maximum Gasteiger partial charge on any atom is 0.327 e. The van der Waals surface area contributed by atoms with Crippen LogP contribution in [0.15, 0.2) is 0 Å². The second-order valence-corrected chi connectivity index (χ2v) is 23.5. The molecule has 568 valence electrons. The van der Waals surface area contributed by atoms with E-state index in [1.54, 1.807) is 0 Å². The van der Waals surface area contributed by atoms with Crippen molar-refractivity contribution in [2.75, 3.05) is 58.1 Å². The molecule has 0 aromatic carbocycles. The van der Waals surface area contributed by atoms with Crippen molar-refractivity contribution >= 4 is 113 Å². The minimum Gasteiger partial charge on any atom is -0.480 e. The average Bonchev–Trinajstić information content (AvgIpc) is 0.869. The van der Waals surface area contributed by atoms with E-state index in [2.05, 4.69) is 92.4 Å². The van der Waals surface area contributed by atoms with Gasteiger partial charge in [0.25, 0.3) is 0 Å². The maximum atomic E-state index is 14.7. The van der Waals surface area contributed by atoms with Crippen molar-refractivity contribution in [3.8, 4) is 0 Å². The van der Waals surface area contributed by atoms with E-state index in [1.807, 2.05) is 0 Å². The minimum atomic E-state index is -1.73. The van der Waals surface area contributed by atoms with Crippen molar-refractivity contribution < 1.29 is 57.8 Å². The van der Waals surface area contributed by atoms with Gasteiger partial charge in [-0.2, -0.15) is 12.6 Å². The Hall–Kier alpha value is -9.98. The molecule has 0 rings (SSSR count). The lowest BCUT2D eigenvalue weighted by atomic mass is 10.0. The van der Waals surface area contributed by atoms with E-state index >= 15 is 0 Å². The Kier molecular flexibility index (Phi) is 46.9. The van der Waals surface area contributed by atoms with E-state index < -0.39 is 168 Å². The Labute approximate surface area is 585 Å². The first-order chi connectivity index (χ1) is 47.3. The SMILES string of the molecule is N=C(N)NCCC[C@H](NC(=O)[C@H](CCCNC(=N)N)NC(=O)[C@H](CCCNC(=N)N)NC(=O)[C@H](CCC(N)=O)NC(=O)[C@H](CCCNC(=N)N)NC(=O)[C@H](CCCNC(=N)N)NC(=O)[C@H](CCCCN)NC(=O)[C@H](CCCCN)NC(=O)[C@@H](N)CCCNC(=N)N)C(=O)N[C@@H](CS)C(=O)O. The van der Waals surface area contributed by atoms with Gasteiger partial charge in [-0.1, -0.05) is 0 Å². The van der Waals surface area contributed by atoms with Crippen LogP contribution in [0.25, 0.3) is 0 Å². The molecule has 0 aromatic heterocycles. The summed E-state index contributed by atoms with van der Waals surface area (Å²) in [6, 6.07) is -14.6. The van der Waals surface area contributed by atoms with E-state index in [1.165, 1.54) is 0 Å². The molecule has 10 amide bonds. The molecule has 0 aliphatic rings. The predicted molar refractivity (Wildman–Crippen MR) is 376 cm³/mol. The molecule has 0 spiro atoms. The number of aliphatic carboxylic acids is 1. The molecule has 0 aromatic rings. The first-order valence-electron chi connectivity index (χ1n) is 32.7. The highest BCUT2D eigenvalue weighted by molar-refractivity contribution is 7.80. The van der Waals surface area contributed by atoms with Crippen LogP contribution in [0.4, 0.5) is 0 Å². The number of primary amides is 1. The van der Waals surface area contributed by atoms with Gasteiger partial charge in [-0.15, -0.1) is 0 Å². The van der Waals surface area contributed by atoms with Crippen molar-refractivity contribution in [3.05, 3.63) is 0 Å². The summed E-state index contributed by atoms with van der Waals surface area (Å²) in [7, 11) is 0. The van der Waals surface area contributed by atoms with Crippen LogP contribution in [0, 0.1) is 32.5 Å². The average molecular weight is 1440 g/mol. The van der Waals surface area contributed by atoms with E-state index in [-0.39, 0.29) is 148 Å². The number of carbonyl (C=O) groups excluding carboxylic acids is 10. The van der Waals surface area contributed by atoms with Gasteiger partial charge in [0, 0.05) is 51.4 Å². The van der Waals surface area contributed by atoms with Gasteiger partial charge >= 0.3 is 5.97 Å². The van der Waals surface area contributed by atoms with Gasteiger partial charge in [-0.05, 0) is 135 Å².